The quantitative estimate of drug-likeness (QED) is 0.338. The molecule has 0 saturated heterocycles. The molecule has 0 aromatic heterocycles. The summed E-state index contributed by atoms with van der Waals surface area (Å²) in [7, 11) is 1.39. The van der Waals surface area contributed by atoms with Crippen LogP contribution in [0.5, 0.6) is 0 Å². The van der Waals surface area contributed by atoms with E-state index in [1.807, 2.05) is 24.3 Å². The van der Waals surface area contributed by atoms with E-state index in [1.165, 1.54) is 7.11 Å². The standard InChI is InChI=1S/C20H13ClO2/c1-23-20(22)16-10-11-17(21)19-15(16)9-8-13-7-6-12-4-2-3-5-14(12)18(13)19/h2-11H,1H3. The number of rotatable bonds is 1. The van der Waals surface area contributed by atoms with Crippen molar-refractivity contribution in [3.8, 4) is 0 Å². The highest BCUT2D eigenvalue weighted by atomic mass is 35.5. The van der Waals surface area contributed by atoms with Crippen LogP contribution in [0.15, 0.2) is 60.7 Å². The van der Waals surface area contributed by atoms with Crippen LogP contribution in [0, 0.1) is 0 Å². The molecule has 4 aromatic rings. The van der Waals surface area contributed by atoms with Crippen LogP contribution >= 0.6 is 11.6 Å². The molecule has 0 spiro atoms. The van der Waals surface area contributed by atoms with E-state index in [-0.39, 0.29) is 5.97 Å². The lowest BCUT2D eigenvalue weighted by atomic mass is 9.94. The van der Waals surface area contributed by atoms with E-state index < -0.39 is 0 Å². The maximum atomic E-state index is 12.1. The molecule has 0 saturated carbocycles. The van der Waals surface area contributed by atoms with Gasteiger partial charge >= 0.3 is 5.97 Å². The monoisotopic (exact) mass is 320 g/mol. The number of carbonyl (C=O) groups excluding carboxylic acids is 1. The Labute approximate surface area is 138 Å². The molecule has 0 fully saturated rings. The second-order valence-corrected chi connectivity index (χ2v) is 5.87. The van der Waals surface area contributed by atoms with Gasteiger partial charge in [0.1, 0.15) is 0 Å². The van der Waals surface area contributed by atoms with E-state index in [0.29, 0.717) is 10.6 Å². The zero-order valence-corrected chi connectivity index (χ0v) is 13.2. The Bertz CT molecular complexity index is 1080. The highest BCUT2D eigenvalue weighted by molar-refractivity contribution is 6.40. The lowest BCUT2D eigenvalue weighted by Gasteiger charge is -2.12. The third-order valence-corrected chi connectivity index (χ3v) is 4.56. The molecule has 112 valence electrons. The van der Waals surface area contributed by atoms with Gasteiger partial charge in [0.15, 0.2) is 0 Å². The van der Waals surface area contributed by atoms with E-state index in [4.69, 9.17) is 16.3 Å². The third-order valence-electron chi connectivity index (χ3n) is 4.24. The minimum absolute atomic E-state index is 0.355. The van der Waals surface area contributed by atoms with Crippen LogP contribution in [0.1, 0.15) is 10.4 Å². The number of fused-ring (bicyclic) bond motifs is 5. The molecule has 0 amide bonds. The summed E-state index contributed by atoms with van der Waals surface area (Å²) in [5, 5.41) is 6.77. The number of esters is 1. The molecule has 2 nitrogen and oxygen atoms in total. The first-order chi connectivity index (χ1) is 11.2. The van der Waals surface area contributed by atoms with E-state index >= 15 is 0 Å². The average Bonchev–Trinajstić information content (AvgIpc) is 2.60. The normalized spacial score (nSPS) is 11.2. The number of halogens is 1. The maximum absolute atomic E-state index is 12.1. The number of hydrogen-bond donors (Lipinski definition) is 0. The van der Waals surface area contributed by atoms with Crippen LogP contribution in [0.25, 0.3) is 32.3 Å². The number of methoxy groups -OCH3 is 1. The Morgan fingerprint density at radius 3 is 2.39 bits per heavy atom. The summed E-state index contributed by atoms with van der Waals surface area (Å²) in [5.41, 5.74) is 0.529. The highest BCUT2D eigenvalue weighted by Gasteiger charge is 2.15. The van der Waals surface area contributed by atoms with Gasteiger partial charge < -0.3 is 4.74 Å². The minimum Gasteiger partial charge on any atom is -0.465 e. The van der Waals surface area contributed by atoms with Crippen LogP contribution in [0.2, 0.25) is 5.02 Å². The van der Waals surface area contributed by atoms with Crippen molar-refractivity contribution >= 4 is 49.9 Å². The zero-order chi connectivity index (χ0) is 16.0. The molecule has 23 heavy (non-hydrogen) atoms. The molecular formula is C20H13ClO2. The summed E-state index contributed by atoms with van der Waals surface area (Å²) >= 11 is 6.50. The molecule has 0 heterocycles. The summed E-state index contributed by atoms with van der Waals surface area (Å²) in [6.07, 6.45) is 0. The van der Waals surface area contributed by atoms with Crippen molar-refractivity contribution in [2.75, 3.05) is 7.11 Å². The van der Waals surface area contributed by atoms with Gasteiger partial charge in [0.25, 0.3) is 0 Å². The second-order valence-electron chi connectivity index (χ2n) is 5.46. The summed E-state index contributed by atoms with van der Waals surface area (Å²) in [6, 6.07) is 19.8. The van der Waals surface area contributed by atoms with Crippen LogP contribution < -0.4 is 0 Å². The lowest BCUT2D eigenvalue weighted by Crippen LogP contribution is -2.02. The van der Waals surface area contributed by atoms with Gasteiger partial charge in [-0.25, -0.2) is 4.79 Å². The Hall–Kier alpha value is -2.58. The van der Waals surface area contributed by atoms with Gasteiger partial charge in [-0.3, -0.25) is 0 Å². The fourth-order valence-corrected chi connectivity index (χ4v) is 3.45. The molecule has 0 aliphatic heterocycles. The second kappa shape index (κ2) is 5.25. The van der Waals surface area contributed by atoms with E-state index in [0.717, 1.165) is 32.3 Å². The number of benzene rings is 4. The van der Waals surface area contributed by atoms with Gasteiger partial charge in [-0.15, -0.1) is 0 Å². The largest absolute Gasteiger partial charge is 0.465 e. The Kier molecular flexibility index (Phi) is 3.21. The van der Waals surface area contributed by atoms with Crippen LogP contribution in [-0.2, 0) is 4.74 Å². The van der Waals surface area contributed by atoms with Crippen molar-refractivity contribution in [2.45, 2.75) is 0 Å². The predicted octanol–water partition coefficient (Wildman–Crippen LogP) is 5.59. The van der Waals surface area contributed by atoms with Crippen molar-refractivity contribution in [2.24, 2.45) is 0 Å². The van der Waals surface area contributed by atoms with Gasteiger partial charge in [0, 0.05) is 10.4 Å². The molecule has 0 aliphatic rings. The van der Waals surface area contributed by atoms with Crippen molar-refractivity contribution < 1.29 is 9.53 Å². The fraction of sp³-hybridized carbons (Fsp3) is 0.0500. The van der Waals surface area contributed by atoms with E-state index in [9.17, 15) is 4.79 Å². The molecule has 4 aromatic carbocycles. The van der Waals surface area contributed by atoms with Crippen molar-refractivity contribution in [1.82, 2.24) is 0 Å². The summed E-state index contributed by atoms with van der Waals surface area (Å²) in [6.45, 7) is 0. The molecule has 0 unspecified atom stereocenters. The van der Waals surface area contributed by atoms with E-state index in [2.05, 4.69) is 24.3 Å². The number of ether oxygens (including phenoxy) is 1. The van der Waals surface area contributed by atoms with Gasteiger partial charge in [0.2, 0.25) is 0 Å². The Morgan fingerprint density at radius 2 is 1.57 bits per heavy atom. The Balaban J connectivity index is 2.28. The van der Waals surface area contributed by atoms with Gasteiger partial charge in [-0.1, -0.05) is 60.1 Å². The van der Waals surface area contributed by atoms with Crippen LogP contribution in [0.4, 0.5) is 0 Å². The predicted molar refractivity (Wildman–Crippen MR) is 95.3 cm³/mol. The molecule has 0 N–H and O–H groups in total. The molecule has 0 bridgehead atoms. The first-order valence-electron chi connectivity index (χ1n) is 7.31. The fourth-order valence-electron chi connectivity index (χ4n) is 3.19. The molecule has 4 rings (SSSR count). The summed E-state index contributed by atoms with van der Waals surface area (Å²) in [4.78, 5) is 12.1. The highest BCUT2D eigenvalue weighted by Crippen LogP contribution is 2.37. The maximum Gasteiger partial charge on any atom is 0.338 e. The number of carbonyl (C=O) groups is 1. The number of hydrogen-bond acceptors (Lipinski definition) is 2. The Morgan fingerprint density at radius 1 is 0.826 bits per heavy atom. The van der Waals surface area contributed by atoms with Gasteiger partial charge in [-0.2, -0.15) is 0 Å². The minimum atomic E-state index is -0.355. The molecule has 3 heteroatoms. The topological polar surface area (TPSA) is 26.3 Å². The molecular weight excluding hydrogens is 308 g/mol. The zero-order valence-electron chi connectivity index (χ0n) is 12.5. The van der Waals surface area contributed by atoms with Gasteiger partial charge in [0.05, 0.1) is 12.7 Å². The third kappa shape index (κ3) is 2.07. The summed E-state index contributed by atoms with van der Waals surface area (Å²) < 4.78 is 4.90. The van der Waals surface area contributed by atoms with Crippen molar-refractivity contribution in [3.05, 3.63) is 71.2 Å². The smallest absolute Gasteiger partial charge is 0.338 e. The first kappa shape index (κ1) is 14.0. The van der Waals surface area contributed by atoms with Crippen LogP contribution in [-0.4, -0.2) is 13.1 Å². The first-order valence-corrected chi connectivity index (χ1v) is 7.69. The lowest BCUT2D eigenvalue weighted by molar-refractivity contribution is 0.0603. The van der Waals surface area contributed by atoms with Crippen LogP contribution in [0.3, 0.4) is 0 Å². The average molecular weight is 321 g/mol. The van der Waals surface area contributed by atoms with Gasteiger partial charge in [-0.05, 0) is 39.1 Å². The van der Waals surface area contributed by atoms with E-state index in [1.54, 1.807) is 12.1 Å². The molecule has 0 atom stereocenters. The van der Waals surface area contributed by atoms with Crippen molar-refractivity contribution in [3.63, 3.8) is 0 Å². The molecule has 0 radical (unpaired) electrons. The SMILES string of the molecule is COC(=O)c1ccc(Cl)c2c1ccc1ccc3ccccc3c12. The summed E-state index contributed by atoms with van der Waals surface area (Å²) in [5.74, 6) is -0.355. The molecule has 0 aliphatic carbocycles. The van der Waals surface area contributed by atoms with Crippen molar-refractivity contribution in [1.29, 1.82) is 0 Å².